The van der Waals surface area contributed by atoms with Gasteiger partial charge < -0.3 is 15.4 Å². The number of halogens is 2. The van der Waals surface area contributed by atoms with Crippen molar-refractivity contribution in [1.29, 1.82) is 0 Å². The fourth-order valence-corrected chi connectivity index (χ4v) is 2.70. The minimum absolute atomic E-state index is 0.104. The maximum atomic E-state index is 12.2. The molecule has 0 heterocycles. The van der Waals surface area contributed by atoms with Gasteiger partial charge in [-0.05, 0) is 35.9 Å². The normalized spacial score (nSPS) is 10.3. The Balaban J connectivity index is 1.52. The summed E-state index contributed by atoms with van der Waals surface area (Å²) in [5, 5.41) is 6.75. The number of carbonyl (C=O) groups is 1. The predicted octanol–water partition coefficient (Wildman–Crippen LogP) is 5.62. The first-order valence-corrected chi connectivity index (χ1v) is 9.11. The van der Waals surface area contributed by atoms with Gasteiger partial charge in [0, 0.05) is 17.4 Å². The molecule has 0 saturated carbocycles. The summed E-state index contributed by atoms with van der Waals surface area (Å²) in [6.45, 7) is 0.574. The summed E-state index contributed by atoms with van der Waals surface area (Å²) < 4.78 is 5.77. The molecule has 0 radical (unpaired) electrons. The van der Waals surface area contributed by atoms with Gasteiger partial charge in [0.2, 0.25) is 5.91 Å². The SMILES string of the molecule is O=C(CNc1ccc(Cl)c(Cl)c1)Nc1cccc(OCc2ccccc2)c1. The molecule has 0 aliphatic rings. The summed E-state index contributed by atoms with van der Waals surface area (Å²) in [5.41, 5.74) is 2.47. The Morgan fingerprint density at radius 3 is 2.44 bits per heavy atom. The number of anilines is 2. The maximum Gasteiger partial charge on any atom is 0.243 e. The molecule has 1 amide bonds. The van der Waals surface area contributed by atoms with Gasteiger partial charge in [-0.3, -0.25) is 4.79 Å². The number of benzene rings is 3. The second kappa shape index (κ2) is 9.31. The van der Waals surface area contributed by atoms with Gasteiger partial charge in [0.25, 0.3) is 0 Å². The second-order valence-corrected chi connectivity index (χ2v) is 6.65. The summed E-state index contributed by atoms with van der Waals surface area (Å²) in [5.74, 6) is 0.510. The van der Waals surface area contributed by atoms with Crippen LogP contribution in [0.1, 0.15) is 5.56 Å². The third kappa shape index (κ3) is 5.91. The fraction of sp³-hybridized carbons (Fsp3) is 0.0952. The minimum Gasteiger partial charge on any atom is -0.489 e. The van der Waals surface area contributed by atoms with Crippen LogP contribution < -0.4 is 15.4 Å². The zero-order chi connectivity index (χ0) is 19.1. The quantitative estimate of drug-likeness (QED) is 0.540. The molecule has 0 atom stereocenters. The maximum absolute atomic E-state index is 12.2. The van der Waals surface area contributed by atoms with Gasteiger partial charge in [-0.15, -0.1) is 0 Å². The average molecular weight is 401 g/mol. The third-order valence-electron chi connectivity index (χ3n) is 3.74. The Morgan fingerprint density at radius 1 is 0.852 bits per heavy atom. The number of ether oxygens (including phenoxy) is 1. The van der Waals surface area contributed by atoms with Gasteiger partial charge in [0.05, 0.1) is 16.6 Å². The van der Waals surface area contributed by atoms with Crippen molar-refractivity contribution in [1.82, 2.24) is 0 Å². The lowest BCUT2D eigenvalue weighted by Crippen LogP contribution is -2.21. The van der Waals surface area contributed by atoms with Crippen LogP contribution in [0.3, 0.4) is 0 Å². The zero-order valence-corrected chi connectivity index (χ0v) is 15.9. The van der Waals surface area contributed by atoms with Gasteiger partial charge in [-0.2, -0.15) is 0 Å². The van der Waals surface area contributed by atoms with E-state index in [1.165, 1.54) is 0 Å². The molecule has 0 spiro atoms. The van der Waals surface area contributed by atoms with Crippen molar-refractivity contribution in [3.63, 3.8) is 0 Å². The van der Waals surface area contributed by atoms with E-state index in [4.69, 9.17) is 27.9 Å². The van der Waals surface area contributed by atoms with Crippen molar-refractivity contribution < 1.29 is 9.53 Å². The van der Waals surface area contributed by atoms with Gasteiger partial charge in [0.1, 0.15) is 12.4 Å². The molecule has 3 aromatic rings. The first-order valence-electron chi connectivity index (χ1n) is 8.36. The Hall–Kier alpha value is -2.69. The van der Waals surface area contributed by atoms with Crippen molar-refractivity contribution in [2.24, 2.45) is 0 Å². The largest absolute Gasteiger partial charge is 0.489 e. The van der Waals surface area contributed by atoms with Gasteiger partial charge in [-0.25, -0.2) is 0 Å². The van der Waals surface area contributed by atoms with Crippen LogP contribution in [0, 0.1) is 0 Å². The summed E-state index contributed by atoms with van der Waals surface area (Å²) in [6.07, 6.45) is 0. The number of amides is 1. The van der Waals surface area contributed by atoms with Crippen molar-refractivity contribution in [2.45, 2.75) is 6.61 Å². The van der Waals surface area contributed by atoms with Crippen molar-refractivity contribution in [3.8, 4) is 5.75 Å². The lowest BCUT2D eigenvalue weighted by Gasteiger charge is -2.10. The van der Waals surface area contributed by atoms with Gasteiger partial charge >= 0.3 is 0 Å². The molecule has 27 heavy (non-hydrogen) atoms. The smallest absolute Gasteiger partial charge is 0.243 e. The van der Waals surface area contributed by atoms with Gasteiger partial charge in [0.15, 0.2) is 0 Å². The van der Waals surface area contributed by atoms with E-state index >= 15 is 0 Å². The van der Waals surface area contributed by atoms with Crippen molar-refractivity contribution >= 4 is 40.5 Å². The highest BCUT2D eigenvalue weighted by atomic mass is 35.5. The van der Waals surface area contributed by atoms with Crippen molar-refractivity contribution in [3.05, 3.63) is 88.4 Å². The topological polar surface area (TPSA) is 50.4 Å². The number of hydrogen-bond acceptors (Lipinski definition) is 3. The van der Waals surface area contributed by atoms with Crippen molar-refractivity contribution in [2.75, 3.05) is 17.2 Å². The first kappa shape index (κ1) is 19.1. The van der Waals surface area contributed by atoms with Crippen LogP contribution in [0.4, 0.5) is 11.4 Å². The molecule has 0 saturated heterocycles. The van der Waals surface area contributed by atoms with Crippen LogP contribution in [0.25, 0.3) is 0 Å². The van der Waals surface area contributed by atoms with Gasteiger partial charge in [-0.1, -0.05) is 59.6 Å². The average Bonchev–Trinajstić information content (AvgIpc) is 2.68. The monoisotopic (exact) mass is 400 g/mol. The Labute approximate surface area is 168 Å². The molecular weight excluding hydrogens is 383 g/mol. The molecule has 6 heteroatoms. The molecule has 0 bridgehead atoms. The number of nitrogens with one attached hydrogen (secondary N) is 2. The molecule has 3 aromatic carbocycles. The van der Waals surface area contributed by atoms with Crippen LogP contribution in [0.5, 0.6) is 5.75 Å². The summed E-state index contributed by atoms with van der Waals surface area (Å²) in [4.78, 5) is 12.2. The standard InChI is InChI=1S/C21H18Cl2N2O2/c22-19-10-9-16(12-20(19)23)24-13-21(26)25-17-7-4-8-18(11-17)27-14-15-5-2-1-3-6-15/h1-12,24H,13-14H2,(H,25,26). The molecule has 4 nitrogen and oxygen atoms in total. The highest BCUT2D eigenvalue weighted by molar-refractivity contribution is 6.42. The lowest BCUT2D eigenvalue weighted by molar-refractivity contribution is -0.114. The van der Waals surface area contributed by atoms with E-state index in [0.29, 0.717) is 28.1 Å². The molecule has 0 aromatic heterocycles. The van der Waals surface area contributed by atoms with E-state index in [0.717, 1.165) is 11.3 Å². The molecule has 0 aliphatic heterocycles. The van der Waals surface area contributed by atoms with Crippen LogP contribution in [0.2, 0.25) is 10.0 Å². The molecule has 0 aliphatic carbocycles. The number of rotatable bonds is 7. The molecule has 3 rings (SSSR count). The predicted molar refractivity (Wildman–Crippen MR) is 111 cm³/mol. The minimum atomic E-state index is -0.179. The zero-order valence-electron chi connectivity index (χ0n) is 14.4. The lowest BCUT2D eigenvalue weighted by atomic mass is 10.2. The summed E-state index contributed by atoms with van der Waals surface area (Å²) >= 11 is 11.8. The van der Waals surface area contributed by atoms with E-state index in [1.807, 2.05) is 48.5 Å². The second-order valence-electron chi connectivity index (χ2n) is 5.83. The van der Waals surface area contributed by atoms with E-state index in [1.54, 1.807) is 24.3 Å². The highest BCUT2D eigenvalue weighted by Gasteiger charge is 2.05. The number of carbonyl (C=O) groups excluding carboxylic acids is 1. The van der Waals surface area contributed by atoms with E-state index in [-0.39, 0.29) is 12.5 Å². The van der Waals surface area contributed by atoms with Crippen LogP contribution in [-0.2, 0) is 11.4 Å². The van der Waals surface area contributed by atoms with Crippen LogP contribution in [-0.4, -0.2) is 12.5 Å². The Kier molecular flexibility index (Phi) is 6.58. The fourth-order valence-electron chi connectivity index (χ4n) is 2.40. The molecule has 0 fully saturated rings. The highest BCUT2D eigenvalue weighted by Crippen LogP contribution is 2.25. The Morgan fingerprint density at radius 2 is 1.67 bits per heavy atom. The Bertz CT molecular complexity index is 917. The van der Waals surface area contributed by atoms with Crippen LogP contribution in [0.15, 0.2) is 72.8 Å². The number of hydrogen-bond donors (Lipinski definition) is 2. The van der Waals surface area contributed by atoms with E-state index < -0.39 is 0 Å². The molecule has 2 N–H and O–H groups in total. The third-order valence-corrected chi connectivity index (χ3v) is 4.48. The summed E-state index contributed by atoms with van der Waals surface area (Å²) in [6, 6.07) is 22.3. The van der Waals surface area contributed by atoms with Crippen LogP contribution >= 0.6 is 23.2 Å². The molecular formula is C21H18Cl2N2O2. The molecule has 0 unspecified atom stereocenters. The van der Waals surface area contributed by atoms with E-state index in [9.17, 15) is 4.79 Å². The van der Waals surface area contributed by atoms with E-state index in [2.05, 4.69) is 10.6 Å². The first-order chi connectivity index (χ1) is 13.1. The molecule has 138 valence electrons. The summed E-state index contributed by atoms with van der Waals surface area (Å²) in [7, 11) is 0.